The fraction of sp³-hybridized carbons (Fsp3) is 0.333. The number of hydrogen-bond acceptors (Lipinski definition) is 3. The summed E-state index contributed by atoms with van der Waals surface area (Å²) >= 11 is 0. The Labute approximate surface area is 112 Å². The maximum Gasteiger partial charge on any atom is 0.252 e. The lowest BCUT2D eigenvalue weighted by Crippen LogP contribution is -2.37. The number of amides is 1. The Morgan fingerprint density at radius 3 is 3.11 bits per heavy atom. The van der Waals surface area contributed by atoms with Gasteiger partial charge in [-0.1, -0.05) is 18.2 Å². The summed E-state index contributed by atoms with van der Waals surface area (Å²) in [6.07, 6.45) is 4.02. The number of fused-ring (bicyclic) bond motifs is 1. The van der Waals surface area contributed by atoms with Crippen molar-refractivity contribution >= 4 is 16.8 Å². The molecule has 3 rings (SSSR count). The Hall–Kier alpha value is -1.94. The number of carbonyl (C=O) groups is 1. The molecule has 1 aromatic carbocycles. The van der Waals surface area contributed by atoms with Crippen LogP contribution in [0.15, 0.2) is 36.5 Å². The van der Waals surface area contributed by atoms with Crippen LogP contribution in [0.4, 0.5) is 0 Å². The summed E-state index contributed by atoms with van der Waals surface area (Å²) in [6.45, 7) is 1.74. The van der Waals surface area contributed by atoms with E-state index in [0.717, 1.165) is 23.9 Å². The highest BCUT2D eigenvalue weighted by Crippen LogP contribution is 2.16. The minimum absolute atomic E-state index is 0.0210. The van der Waals surface area contributed by atoms with Gasteiger partial charge in [0.15, 0.2) is 0 Å². The molecule has 98 valence electrons. The number of para-hydroxylation sites is 1. The molecule has 4 nitrogen and oxygen atoms in total. The molecule has 0 radical (unpaired) electrons. The van der Waals surface area contributed by atoms with Crippen molar-refractivity contribution in [3.05, 3.63) is 42.1 Å². The summed E-state index contributed by atoms with van der Waals surface area (Å²) in [5.74, 6) is -0.0210. The molecule has 0 spiro atoms. The van der Waals surface area contributed by atoms with E-state index < -0.39 is 0 Å². The van der Waals surface area contributed by atoms with Crippen LogP contribution in [0.2, 0.25) is 0 Å². The van der Waals surface area contributed by atoms with Gasteiger partial charge in [0.05, 0.1) is 11.1 Å². The highest BCUT2D eigenvalue weighted by molar-refractivity contribution is 6.05. The van der Waals surface area contributed by atoms with E-state index in [2.05, 4.69) is 15.6 Å². The lowest BCUT2D eigenvalue weighted by atomic mass is 10.1. The number of aromatic nitrogens is 1. The molecule has 2 aromatic rings. The third-order valence-corrected chi connectivity index (χ3v) is 3.57. The van der Waals surface area contributed by atoms with E-state index in [1.54, 1.807) is 12.3 Å². The fourth-order valence-corrected chi connectivity index (χ4v) is 2.54. The highest BCUT2D eigenvalue weighted by atomic mass is 16.1. The smallest absolute Gasteiger partial charge is 0.252 e. The molecule has 1 aromatic heterocycles. The van der Waals surface area contributed by atoms with Crippen molar-refractivity contribution in [3.8, 4) is 0 Å². The SMILES string of the molecule is O=C(NC[C@@H]1CCCN1)c1ccnc2ccccc12. The van der Waals surface area contributed by atoms with Crippen LogP contribution in [0.5, 0.6) is 0 Å². The first-order valence-electron chi connectivity index (χ1n) is 6.70. The summed E-state index contributed by atoms with van der Waals surface area (Å²) in [5, 5.41) is 7.28. The average molecular weight is 255 g/mol. The summed E-state index contributed by atoms with van der Waals surface area (Å²) in [4.78, 5) is 16.5. The second kappa shape index (κ2) is 5.36. The lowest BCUT2D eigenvalue weighted by Gasteiger charge is -2.12. The quantitative estimate of drug-likeness (QED) is 0.878. The summed E-state index contributed by atoms with van der Waals surface area (Å²) in [6, 6.07) is 9.91. The van der Waals surface area contributed by atoms with Crippen molar-refractivity contribution in [2.75, 3.05) is 13.1 Å². The van der Waals surface area contributed by atoms with Gasteiger partial charge in [-0.15, -0.1) is 0 Å². The second-order valence-electron chi connectivity index (χ2n) is 4.88. The Morgan fingerprint density at radius 1 is 1.37 bits per heavy atom. The Balaban J connectivity index is 1.77. The first-order valence-corrected chi connectivity index (χ1v) is 6.70. The molecule has 0 unspecified atom stereocenters. The molecule has 4 heteroatoms. The molecular formula is C15H17N3O. The number of pyridine rings is 1. The first-order chi connectivity index (χ1) is 9.34. The van der Waals surface area contributed by atoms with Crippen molar-refractivity contribution < 1.29 is 4.79 Å². The van der Waals surface area contributed by atoms with Gasteiger partial charge in [-0.25, -0.2) is 0 Å². The van der Waals surface area contributed by atoms with Gasteiger partial charge in [-0.2, -0.15) is 0 Å². The van der Waals surface area contributed by atoms with Crippen LogP contribution in [0.25, 0.3) is 10.9 Å². The second-order valence-corrected chi connectivity index (χ2v) is 4.88. The lowest BCUT2D eigenvalue weighted by molar-refractivity contribution is 0.0952. The van der Waals surface area contributed by atoms with Gasteiger partial charge >= 0.3 is 0 Å². The number of nitrogens with zero attached hydrogens (tertiary/aromatic N) is 1. The summed E-state index contributed by atoms with van der Waals surface area (Å²) in [7, 11) is 0. The molecule has 0 saturated carbocycles. The van der Waals surface area contributed by atoms with Crippen LogP contribution in [0, 0.1) is 0 Å². The topological polar surface area (TPSA) is 54.0 Å². The fourth-order valence-electron chi connectivity index (χ4n) is 2.54. The monoisotopic (exact) mass is 255 g/mol. The average Bonchev–Trinajstić information content (AvgIpc) is 2.97. The van der Waals surface area contributed by atoms with Crippen molar-refractivity contribution in [2.45, 2.75) is 18.9 Å². The third kappa shape index (κ3) is 2.58. The minimum Gasteiger partial charge on any atom is -0.350 e. The van der Waals surface area contributed by atoms with Crippen molar-refractivity contribution in [1.82, 2.24) is 15.6 Å². The number of benzene rings is 1. The van der Waals surface area contributed by atoms with Gasteiger partial charge in [0, 0.05) is 24.2 Å². The molecule has 0 aliphatic carbocycles. The van der Waals surface area contributed by atoms with Crippen LogP contribution in [-0.4, -0.2) is 30.0 Å². The predicted molar refractivity (Wildman–Crippen MR) is 75.1 cm³/mol. The Morgan fingerprint density at radius 2 is 2.26 bits per heavy atom. The van der Waals surface area contributed by atoms with E-state index in [1.165, 1.54) is 6.42 Å². The van der Waals surface area contributed by atoms with Gasteiger partial charge in [-0.3, -0.25) is 9.78 Å². The van der Waals surface area contributed by atoms with Crippen LogP contribution < -0.4 is 10.6 Å². The van der Waals surface area contributed by atoms with Gasteiger partial charge in [-0.05, 0) is 31.5 Å². The molecule has 2 N–H and O–H groups in total. The van der Waals surface area contributed by atoms with E-state index in [4.69, 9.17) is 0 Å². The van der Waals surface area contributed by atoms with E-state index in [1.807, 2.05) is 24.3 Å². The number of carbonyl (C=O) groups excluding carboxylic acids is 1. The first kappa shape index (κ1) is 12.1. The molecule has 1 saturated heterocycles. The Bertz CT molecular complexity index is 585. The molecule has 1 amide bonds. The van der Waals surface area contributed by atoms with Crippen molar-refractivity contribution in [3.63, 3.8) is 0 Å². The van der Waals surface area contributed by atoms with Crippen molar-refractivity contribution in [1.29, 1.82) is 0 Å². The van der Waals surface area contributed by atoms with E-state index >= 15 is 0 Å². The molecule has 0 bridgehead atoms. The molecule has 1 fully saturated rings. The zero-order valence-corrected chi connectivity index (χ0v) is 10.7. The maximum atomic E-state index is 12.2. The number of hydrogen-bond donors (Lipinski definition) is 2. The van der Waals surface area contributed by atoms with E-state index in [9.17, 15) is 4.79 Å². The zero-order valence-electron chi connectivity index (χ0n) is 10.7. The minimum atomic E-state index is -0.0210. The standard InChI is InChI=1S/C15H17N3O/c19-15(18-10-11-4-3-8-16-11)13-7-9-17-14-6-2-1-5-12(13)14/h1-2,5-7,9,11,16H,3-4,8,10H2,(H,18,19)/t11-/m0/s1. The molecule has 1 aliphatic rings. The molecule has 19 heavy (non-hydrogen) atoms. The van der Waals surface area contributed by atoms with Crippen molar-refractivity contribution in [2.24, 2.45) is 0 Å². The van der Waals surface area contributed by atoms with Crippen LogP contribution in [0.1, 0.15) is 23.2 Å². The largest absolute Gasteiger partial charge is 0.350 e. The Kier molecular flexibility index (Phi) is 3.42. The van der Waals surface area contributed by atoms with Crippen LogP contribution >= 0.6 is 0 Å². The number of rotatable bonds is 3. The normalized spacial score (nSPS) is 18.6. The third-order valence-electron chi connectivity index (χ3n) is 3.57. The molecular weight excluding hydrogens is 238 g/mol. The maximum absolute atomic E-state index is 12.2. The summed E-state index contributed by atoms with van der Waals surface area (Å²) in [5.41, 5.74) is 1.55. The zero-order chi connectivity index (χ0) is 13.1. The van der Waals surface area contributed by atoms with E-state index in [0.29, 0.717) is 18.2 Å². The summed E-state index contributed by atoms with van der Waals surface area (Å²) < 4.78 is 0. The van der Waals surface area contributed by atoms with Gasteiger partial charge in [0.2, 0.25) is 0 Å². The van der Waals surface area contributed by atoms with E-state index in [-0.39, 0.29) is 5.91 Å². The van der Waals surface area contributed by atoms with Crippen LogP contribution in [-0.2, 0) is 0 Å². The molecule has 2 heterocycles. The number of nitrogens with one attached hydrogen (secondary N) is 2. The van der Waals surface area contributed by atoms with Gasteiger partial charge in [0.25, 0.3) is 5.91 Å². The van der Waals surface area contributed by atoms with Crippen LogP contribution in [0.3, 0.4) is 0 Å². The van der Waals surface area contributed by atoms with Gasteiger partial charge < -0.3 is 10.6 Å². The highest BCUT2D eigenvalue weighted by Gasteiger charge is 2.16. The predicted octanol–water partition coefficient (Wildman–Crippen LogP) is 1.72. The molecule has 1 aliphatic heterocycles. The van der Waals surface area contributed by atoms with Gasteiger partial charge in [0.1, 0.15) is 0 Å². The molecule has 1 atom stereocenters.